The number of hydrogen-bond acceptors (Lipinski definition) is 2. The Morgan fingerprint density at radius 3 is 2.67 bits per heavy atom. The van der Waals surface area contributed by atoms with E-state index in [9.17, 15) is 4.39 Å². The topological polar surface area (TPSA) is 15.3 Å². The van der Waals surface area contributed by atoms with Crippen LogP contribution in [0.3, 0.4) is 0 Å². The van der Waals surface area contributed by atoms with Gasteiger partial charge in [-0.25, -0.2) is 4.39 Å². The number of rotatable bonds is 3. The molecule has 1 aromatic carbocycles. The Kier molecular flexibility index (Phi) is 3.21. The molecule has 1 aromatic rings. The number of halogens is 1. The third-order valence-corrected chi connectivity index (χ3v) is 2.84. The molecule has 1 aliphatic heterocycles. The first-order valence-corrected chi connectivity index (χ1v) is 5.49. The first kappa shape index (κ1) is 10.4. The van der Waals surface area contributed by atoms with Crippen LogP contribution in [0.25, 0.3) is 0 Å². The lowest BCUT2D eigenvalue weighted by atomic mass is 10.2. The van der Waals surface area contributed by atoms with Crippen LogP contribution >= 0.6 is 0 Å². The van der Waals surface area contributed by atoms with Crippen LogP contribution in [0.4, 0.5) is 10.1 Å². The van der Waals surface area contributed by atoms with Crippen molar-refractivity contribution in [2.45, 2.75) is 19.4 Å². The van der Waals surface area contributed by atoms with E-state index >= 15 is 0 Å². The van der Waals surface area contributed by atoms with E-state index in [0.29, 0.717) is 0 Å². The summed E-state index contributed by atoms with van der Waals surface area (Å²) in [5.41, 5.74) is 1.75. The maximum absolute atomic E-state index is 13.8. The van der Waals surface area contributed by atoms with Crippen molar-refractivity contribution >= 4 is 5.69 Å². The van der Waals surface area contributed by atoms with Crippen molar-refractivity contribution in [3.05, 3.63) is 29.6 Å². The Hall–Kier alpha value is -1.09. The predicted molar refractivity (Wildman–Crippen MR) is 60.6 cm³/mol. The molecular weight excluding hydrogens is 191 g/mol. The van der Waals surface area contributed by atoms with Gasteiger partial charge < -0.3 is 10.2 Å². The van der Waals surface area contributed by atoms with E-state index in [-0.39, 0.29) is 5.82 Å². The zero-order chi connectivity index (χ0) is 10.7. The van der Waals surface area contributed by atoms with Crippen molar-refractivity contribution in [2.75, 3.05) is 25.0 Å². The first-order valence-electron chi connectivity index (χ1n) is 5.49. The summed E-state index contributed by atoms with van der Waals surface area (Å²) in [7, 11) is 1.87. The van der Waals surface area contributed by atoms with Gasteiger partial charge in [0.25, 0.3) is 0 Å². The Bertz CT molecular complexity index is 332. The lowest BCUT2D eigenvalue weighted by Crippen LogP contribution is -2.19. The zero-order valence-corrected chi connectivity index (χ0v) is 9.09. The van der Waals surface area contributed by atoms with Gasteiger partial charge in [0.1, 0.15) is 5.82 Å². The number of anilines is 1. The molecule has 1 fully saturated rings. The van der Waals surface area contributed by atoms with Crippen LogP contribution in [-0.2, 0) is 6.54 Å². The second kappa shape index (κ2) is 4.62. The highest BCUT2D eigenvalue weighted by Gasteiger charge is 2.15. The first-order chi connectivity index (χ1) is 7.31. The van der Waals surface area contributed by atoms with Gasteiger partial charge in [-0.3, -0.25) is 0 Å². The van der Waals surface area contributed by atoms with Gasteiger partial charge in [-0.1, -0.05) is 6.07 Å². The van der Waals surface area contributed by atoms with Crippen molar-refractivity contribution in [3.63, 3.8) is 0 Å². The fourth-order valence-corrected chi connectivity index (χ4v) is 2.08. The highest BCUT2D eigenvalue weighted by atomic mass is 19.1. The van der Waals surface area contributed by atoms with Gasteiger partial charge in [-0.2, -0.15) is 0 Å². The third kappa shape index (κ3) is 2.29. The van der Waals surface area contributed by atoms with E-state index in [4.69, 9.17) is 0 Å². The summed E-state index contributed by atoms with van der Waals surface area (Å²) in [5, 5.41) is 3.02. The molecule has 1 N–H and O–H groups in total. The Balaban J connectivity index is 2.18. The van der Waals surface area contributed by atoms with E-state index in [1.54, 1.807) is 6.07 Å². The normalized spacial score (nSPS) is 16.0. The molecule has 0 unspecified atom stereocenters. The third-order valence-electron chi connectivity index (χ3n) is 2.84. The molecule has 2 nitrogen and oxygen atoms in total. The summed E-state index contributed by atoms with van der Waals surface area (Å²) in [6.07, 6.45) is 2.36. The van der Waals surface area contributed by atoms with Crippen molar-refractivity contribution < 1.29 is 4.39 Å². The second-order valence-electron chi connectivity index (χ2n) is 4.01. The van der Waals surface area contributed by atoms with Crippen LogP contribution in [0, 0.1) is 5.82 Å². The van der Waals surface area contributed by atoms with Crippen LogP contribution in [-0.4, -0.2) is 20.1 Å². The van der Waals surface area contributed by atoms with Crippen LogP contribution < -0.4 is 10.2 Å². The summed E-state index contributed by atoms with van der Waals surface area (Å²) in [5.74, 6) is -0.0929. The molecule has 0 amide bonds. The molecule has 1 saturated heterocycles. The number of nitrogens with one attached hydrogen (secondary N) is 1. The van der Waals surface area contributed by atoms with E-state index in [1.165, 1.54) is 12.8 Å². The molecule has 0 bridgehead atoms. The molecule has 1 heterocycles. The van der Waals surface area contributed by atoms with Crippen LogP contribution in [0.15, 0.2) is 18.2 Å². The molecule has 0 radical (unpaired) electrons. The average Bonchev–Trinajstić information content (AvgIpc) is 2.71. The van der Waals surface area contributed by atoms with Crippen molar-refractivity contribution in [1.82, 2.24) is 5.32 Å². The van der Waals surface area contributed by atoms with Gasteiger partial charge in [0.05, 0.1) is 5.69 Å². The lowest BCUT2D eigenvalue weighted by molar-refractivity contribution is 0.619. The average molecular weight is 208 g/mol. The quantitative estimate of drug-likeness (QED) is 0.818. The summed E-state index contributed by atoms with van der Waals surface area (Å²) in [6.45, 7) is 2.70. The van der Waals surface area contributed by atoms with Gasteiger partial charge in [-0.15, -0.1) is 0 Å². The van der Waals surface area contributed by atoms with Gasteiger partial charge >= 0.3 is 0 Å². The van der Waals surface area contributed by atoms with Gasteiger partial charge in [0.2, 0.25) is 0 Å². The lowest BCUT2D eigenvalue weighted by Gasteiger charge is -2.18. The summed E-state index contributed by atoms with van der Waals surface area (Å²) < 4.78 is 13.8. The number of benzene rings is 1. The largest absolute Gasteiger partial charge is 0.369 e. The van der Waals surface area contributed by atoms with Crippen molar-refractivity contribution in [1.29, 1.82) is 0 Å². The monoisotopic (exact) mass is 208 g/mol. The minimum absolute atomic E-state index is 0.0929. The standard InChI is InChI=1S/C12H17FN2/c1-14-9-10-4-5-12(11(13)8-10)15-6-2-3-7-15/h4-5,8,14H,2-3,6-7,9H2,1H3. The van der Waals surface area contributed by atoms with E-state index < -0.39 is 0 Å². The SMILES string of the molecule is CNCc1ccc(N2CCCC2)c(F)c1. The van der Waals surface area contributed by atoms with Crippen LogP contribution in [0.2, 0.25) is 0 Å². The molecule has 0 spiro atoms. The minimum Gasteiger partial charge on any atom is -0.369 e. The summed E-state index contributed by atoms with van der Waals surface area (Å²) >= 11 is 0. The fraction of sp³-hybridized carbons (Fsp3) is 0.500. The number of hydrogen-bond donors (Lipinski definition) is 1. The molecule has 1 aliphatic rings. The maximum atomic E-state index is 13.8. The maximum Gasteiger partial charge on any atom is 0.146 e. The van der Waals surface area contributed by atoms with Gasteiger partial charge in [-0.05, 0) is 37.6 Å². The highest BCUT2D eigenvalue weighted by molar-refractivity contribution is 5.49. The fourth-order valence-electron chi connectivity index (χ4n) is 2.08. The minimum atomic E-state index is -0.0929. The molecule has 0 aliphatic carbocycles. The smallest absolute Gasteiger partial charge is 0.146 e. The van der Waals surface area contributed by atoms with E-state index in [2.05, 4.69) is 10.2 Å². The number of nitrogens with zero attached hydrogens (tertiary/aromatic N) is 1. The molecule has 82 valence electrons. The Labute approximate surface area is 90.1 Å². The molecule has 3 heteroatoms. The Morgan fingerprint density at radius 1 is 1.33 bits per heavy atom. The molecule has 15 heavy (non-hydrogen) atoms. The van der Waals surface area contributed by atoms with E-state index in [0.717, 1.165) is 30.9 Å². The van der Waals surface area contributed by atoms with Crippen LogP contribution in [0.1, 0.15) is 18.4 Å². The summed E-state index contributed by atoms with van der Waals surface area (Å²) in [4.78, 5) is 2.12. The highest BCUT2D eigenvalue weighted by Crippen LogP contribution is 2.24. The van der Waals surface area contributed by atoms with E-state index in [1.807, 2.05) is 19.2 Å². The molecule has 0 atom stereocenters. The summed E-state index contributed by atoms with van der Waals surface area (Å²) in [6, 6.07) is 5.52. The van der Waals surface area contributed by atoms with Crippen LogP contribution in [0.5, 0.6) is 0 Å². The second-order valence-corrected chi connectivity index (χ2v) is 4.01. The predicted octanol–water partition coefficient (Wildman–Crippen LogP) is 2.15. The molecule has 0 aromatic heterocycles. The molecule has 0 saturated carbocycles. The Morgan fingerprint density at radius 2 is 2.07 bits per heavy atom. The zero-order valence-electron chi connectivity index (χ0n) is 9.09. The molecule has 2 rings (SSSR count). The van der Waals surface area contributed by atoms with Gasteiger partial charge in [0.15, 0.2) is 0 Å². The van der Waals surface area contributed by atoms with Gasteiger partial charge in [0, 0.05) is 19.6 Å². The van der Waals surface area contributed by atoms with Crippen molar-refractivity contribution in [3.8, 4) is 0 Å². The molecular formula is C12H17FN2. The van der Waals surface area contributed by atoms with Crippen molar-refractivity contribution in [2.24, 2.45) is 0 Å².